The first kappa shape index (κ1) is 17.1. The Kier molecular flexibility index (Phi) is 5.33. The highest BCUT2D eigenvalue weighted by Crippen LogP contribution is 2.32. The fourth-order valence-electron chi connectivity index (χ4n) is 2.04. The van der Waals surface area contributed by atoms with Crippen molar-refractivity contribution in [2.24, 2.45) is 0 Å². The Morgan fingerprint density at radius 1 is 1.25 bits per heavy atom. The highest BCUT2D eigenvalue weighted by molar-refractivity contribution is 9.10. The number of carbonyl (C=O) groups is 2. The first-order valence-electron chi connectivity index (χ1n) is 6.92. The maximum absolute atomic E-state index is 12.3. The van der Waals surface area contributed by atoms with Gasteiger partial charge in [-0.05, 0) is 52.0 Å². The van der Waals surface area contributed by atoms with Crippen LogP contribution in [0, 0.1) is 0 Å². The lowest BCUT2D eigenvalue weighted by atomic mass is 10.3. The summed E-state index contributed by atoms with van der Waals surface area (Å²) >= 11 is 10.1. The lowest BCUT2D eigenvalue weighted by molar-refractivity contribution is -0.123. The number of rotatable bonds is 5. The van der Waals surface area contributed by atoms with Crippen LogP contribution in [0.5, 0.6) is 5.75 Å². The van der Waals surface area contributed by atoms with E-state index in [1.165, 1.54) is 0 Å². The van der Waals surface area contributed by atoms with Crippen LogP contribution in [-0.4, -0.2) is 29.2 Å². The minimum Gasteiger partial charge on any atom is -0.490 e. The number of benzene rings is 1. The van der Waals surface area contributed by atoms with E-state index in [-0.39, 0.29) is 24.3 Å². The van der Waals surface area contributed by atoms with Crippen LogP contribution in [0.4, 0.5) is 4.79 Å². The lowest BCUT2D eigenvalue weighted by Gasteiger charge is -2.13. The normalized spacial score (nSPS) is 16.2. The summed E-state index contributed by atoms with van der Waals surface area (Å²) < 4.78 is 11.4. The van der Waals surface area contributed by atoms with E-state index in [0.29, 0.717) is 26.1 Å². The van der Waals surface area contributed by atoms with Crippen molar-refractivity contribution < 1.29 is 18.7 Å². The average molecular weight is 429 g/mol. The number of nitrogens with zero attached hydrogens (tertiary/aromatic N) is 1. The van der Waals surface area contributed by atoms with E-state index in [0.717, 1.165) is 16.7 Å². The Hall–Kier alpha value is -1.70. The molecule has 1 aliphatic heterocycles. The number of furan rings is 1. The topological polar surface area (TPSA) is 59.8 Å². The maximum Gasteiger partial charge on any atom is 0.293 e. The second-order valence-electron chi connectivity index (χ2n) is 4.75. The Balaban J connectivity index is 1.62. The predicted molar refractivity (Wildman–Crippen MR) is 96.0 cm³/mol. The molecule has 0 spiro atoms. The summed E-state index contributed by atoms with van der Waals surface area (Å²) in [6.45, 7) is 0.316. The molecule has 1 saturated heterocycles. The number of halogens is 2. The van der Waals surface area contributed by atoms with Gasteiger partial charge in [-0.25, -0.2) is 0 Å². The van der Waals surface area contributed by atoms with Crippen LogP contribution in [-0.2, 0) is 4.79 Å². The van der Waals surface area contributed by atoms with Gasteiger partial charge in [-0.15, -0.1) is 0 Å². The fraction of sp³-hybridized carbons (Fsp3) is 0.125. The average Bonchev–Trinajstić information content (AvgIpc) is 3.07. The van der Waals surface area contributed by atoms with Gasteiger partial charge in [0.25, 0.3) is 11.1 Å². The number of carbonyl (C=O) groups excluding carboxylic acids is 2. The number of hydrogen-bond donors (Lipinski definition) is 0. The monoisotopic (exact) mass is 427 g/mol. The van der Waals surface area contributed by atoms with Crippen molar-refractivity contribution >= 4 is 56.5 Å². The lowest BCUT2D eigenvalue weighted by Crippen LogP contribution is -2.32. The SMILES string of the molecule is O=C1S/C(=C\c2ccc(Br)o2)C(=O)N1CCOc1ccccc1Cl. The van der Waals surface area contributed by atoms with Crippen molar-refractivity contribution in [3.8, 4) is 5.75 Å². The molecule has 2 amide bonds. The number of thioether (sulfide) groups is 1. The van der Waals surface area contributed by atoms with Gasteiger partial charge in [0.15, 0.2) is 4.67 Å². The van der Waals surface area contributed by atoms with Gasteiger partial charge in [0.2, 0.25) is 0 Å². The largest absolute Gasteiger partial charge is 0.490 e. The quantitative estimate of drug-likeness (QED) is 0.640. The predicted octanol–water partition coefficient (Wildman–Crippen LogP) is 4.81. The van der Waals surface area contributed by atoms with E-state index in [1.807, 2.05) is 0 Å². The van der Waals surface area contributed by atoms with E-state index < -0.39 is 0 Å². The van der Waals surface area contributed by atoms with Crippen molar-refractivity contribution in [2.75, 3.05) is 13.2 Å². The summed E-state index contributed by atoms with van der Waals surface area (Å²) in [7, 11) is 0. The second kappa shape index (κ2) is 7.46. The highest BCUT2D eigenvalue weighted by atomic mass is 79.9. The summed E-state index contributed by atoms with van der Waals surface area (Å²) in [5, 5.41) is 0.148. The molecule has 0 unspecified atom stereocenters. The van der Waals surface area contributed by atoms with Gasteiger partial charge >= 0.3 is 0 Å². The number of imide groups is 1. The van der Waals surface area contributed by atoms with Gasteiger partial charge in [-0.1, -0.05) is 23.7 Å². The summed E-state index contributed by atoms with van der Waals surface area (Å²) in [5.74, 6) is 0.655. The fourth-order valence-corrected chi connectivity index (χ4v) is 3.39. The molecule has 0 N–H and O–H groups in total. The number of amides is 2. The number of hydrogen-bond acceptors (Lipinski definition) is 5. The molecular weight excluding hydrogens is 418 g/mol. The Bertz CT molecular complexity index is 820. The minimum absolute atomic E-state index is 0.148. The van der Waals surface area contributed by atoms with Crippen LogP contribution < -0.4 is 4.74 Å². The van der Waals surface area contributed by atoms with Crippen LogP contribution in [0.15, 0.2) is 50.4 Å². The van der Waals surface area contributed by atoms with Gasteiger partial charge in [0.05, 0.1) is 16.5 Å². The first-order valence-corrected chi connectivity index (χ1v) is 8.91. The zero-order chi connectivity index (χ0) is 17.1. The van der Waals surface area contributed by atoms with E-state index in [4.69, 9.17) is 20.8 Å². The van der Waals surface area contributed by atoms with E-state index in [9.17, 15) is 9.59 Å². The highest BCUT2D eigenvalue weighted by Gasteiger charge is 2.35. The summed E-state index contributed by atoms with van der Waals surface area (Å²) in [4.78, 5) is 25.8. The third kappa shape index (κ3) is 3.85. The molecule has 1 fully saturated rings. The standard InChI is InChI=1S/C16H11BrClNO4S/c17-14-6-5-10(23-14)9-13-15(20)19(16(21)24-13)7-8-22-12-4-2-1-3-11(12)18/h1-6,9H,7-8H2/b13-9-. The molecule has 124 valence electrons. The molecule has 1 aromatic heterocycles. The van der Waals surface area contributed by atoms with Crippen LogP contribution in [0.25, 0.3) is 6.08 Å². The molecule has 0 atom stereocenters. The summed E-state index contributed by atoms with van der Waals surface area (Å²) in [5.41, 5.74) is 0. The third-order valence-corrected chi connectivity index (χ3v) is 4.80. The van der Waals surface area contributed by atoms with Crippen LogP contribution in [0.2, 0.25) is 5.02 Å². The molecule has 0 radical (unpaired) electrons. The molecular formula is C16H11BrClNO4S. The smallest absolute Gasteiger partial charge is 0.293 e. The van der Waals surface area contributed by atoms with Gasteiger partial charge in [-0.2, -0.15) is 0 Å². The van der Waals surface area contributed by atoms with Gasteiger partial charge in [0.1, 0.15) is 18.1 Å². The number of para-hydroxylation sites is 1. The Labute approximate surface area is 155 Å². The molecule has 8 heteroatoms. The zero-order valence-corrected chi connectivity index (χ0v) is 15.4. The third-order valence-electron chi connectivity index (χ3n) is 3.15. The summed E-state index contributed by atoms with van der Waals surface area (Å²) in [6.07, 6.45) is 1.55. The molecule has 5 nitrogen and oxygen atoms in total. The van der Waals surface area contributed by atoms with Crippen LogP contribution in [0.3, 0.4) is 0 Å². The molecule has 0 bridgehead atoms. The van der Waals surface area contributed by atoms with E-state index >= 15 is 0 Å². The van der Waals surface area contributed by atoms with Crippen molar-refractivity contribution in [3.05, 3.63) is 56.8 Å². The molecule has 1 aliphatic rings. The van der Waals surface area contributed by atoms with Crippen molar-refractivity contribution in [1.82, 2.24) is 4.90 Å². The Morgan fingerprint density at radius 2 is 2.04 bits per heavy atom. The van der Waals surface area contributed by atoms with Crippen molar-refractivity contribution in [3.63, 3.8) is 0 Å². The molecule has 0 aliphatic carbocycles. The van der Waals surface area contributed by atoms with Crippen LogP contribution >= 0.6 is 39.3 Å². The van der Waals surface area contributed by atoms with Gasteiger partial charge < -0.3 is 9.15 Å². The molecule has 0 saturated carbocycles. The summed E-state index contributed by atoms with van der Waals surface area (Å²) in [6, 6.07) is 10.5. The van der Waals surface area contributed by atoms with Crippen molar-refractivity contribution in [2.45, 2.75) is 0 Å². The first-order chi connectivity index (χ1) is 11.5. The number of ether oxygens (including phenoxy) is 1. The minimum atomic E-state index is -0.361. The van der Waals surface area contributed by atoms with Crippen LogP contribution in [0.1, 0.15) is 5.76 Å². The second-order valence-corrected chi connectivity index (χ2v) is 6.94. The molecule has 3 rings (SSSR count). The van der Waals surface area contributed by atoms with E-state index in [1.54, 1.807) is 42.5 Å². The van der Waals surface area contributed by atoms with Gasteiger partial charge in [-0.3, -0.25) is 14.5 Å². The maximum atomic E-state index is 12.3. The molecule has 24 heavy (non-hydrogen) atoms. The molecule has 2 heterocycles. The Morgan fingerprint density at radius 3 is 2.75 bits per heavy atom. The van der Waals surface area contributed by atoms with E-state index in [2.05, 4.69) is 15.9 Å². The molecule has 2 aromatic rings. The van der Waals surface area contributed by atoms with Gasteiger partial charge in [0, 0.05) is 6.08 Å². The molecule has 1 aromatic carbocycles. The van der Waals surface area contributed by atoms with Crippen molar-refractivity contribution in [1.29, 1.82) is 0 Å². The zero-order valence-electron chi connectivity index (χ0n) is 12.2.